The second-order valence-corrected chi connectivity index (χ2v) is 5.63. The normalized spacial score (nSPS) is 12.6. The van der Waals surface area contributed by atoms with Crippen LogP contribution >= 0.6 is 23.2 Å². The topological polar surface area (TPSA) is 34.4 Å². The van der Waals surface area contributed by atoms with Crippen LogP contribution in [0.2, 0.25) is 10.0 Å². The highest BCUT2D eigenvalue weighted by molar-refractivity contribution is 6.35. The molecule has 0 fully saturated rings. The maximum absolute atomic E-state index is 6.33. The van der Waals surface area contributed by atoms with E-state index in [0.29, 0.717) is 16.7 Å². The van der Waals surface area contributed by atoms with Gasteiger partial charge in [0, 0.05) is 17.2 Å². The highest BCUT2D eigenvalue weighted by Gasteiger charge is 2.20. The lowest BCUT2D eigenvalue weighted by molar-refractivity contribution is 0.162. The lowest BCUT2D eigenvalue weighted by atomic mass is 10.0. The molecule has 1 unspecified atom stereocenters. The van der Waals surface area contributed by atoms with Crippen molar-refractivity contribution in [3.05, 3.63) is 57.5 Å². The zero-order valence-corrected chi connectivity index (χ0v) is 13.7. The van der Waals surface area contributed by atoms with Crippen LogP contribution in [0.15, 0.2) is 34.7 Å². The van der Waals surface area contributed by atoms with Gasteiger partial charge in [0.2, 0.25) is 0 Å². The summed E-state index contributed by atoms with van der Waals surface area (Å²) in [6.07, 6.45) is 1.02. The maximum Gasteiger partial charge on any atom is 0.129 e. The number of ether oxygens (including phenoxy) is 1. The molecule has 2 rings (SSSR count). The molecule has 5 heteroatoms. The van der Waals surface area contributed by atoms with Gasteiger partial charge in [0.25, 0.3) is 0 Å². The van der Waals surface area contributed by atoms with E-state index in [9.17, 15) is 0 Å². The summed E-state index contributed by atoms with van der Waals surface area (Å²) in [5.41, 5.74) is 0.952. The molecule has 1 aromatic carbocycles. The number of methoxy groups -OCH3 is 1. The lowest BCUT2D eigenvalue weighted by Crippen LogP contribution is -2.23. The summed E-state index contributed by atoms with van der Waals surface area (Å²) in [4.78, 5) is 0. The molecule has 0 aliphatic rings. The second-order valence-electron chi connectivity index (χ2n) is 4.79. The van der Waals surface area contributed by atoms with E-state index in [1.165, 1.54) is 0 Å². The molecule has 1 heterocycles. The first-order valence-electron chi connectivity index (χ1n) is 6.91. The number of halogens is 2. The third kappa shape index (κ3) is 4.24. The molecule has 0 bridgehead atoms. The molecule has 1 N–H and O–H groups in total. The van der Waals surface area contributed by atoms with Crippen molar-refractivity contribution in [3.8, 4) is 0 Å². The number of nitrogens with one attached hydrogen (secondary N) is 1. The molecule has 0 aliphatic carbocycles. The van der Waals surface area contributed by atoms with Gasteiger partial charge in [-0.2, -0.15) is 0 Å². The summed E-state index contributed by atoms with van der Waals surface area (Å²) < 4.78 is 10.9. The summed E-state index contributed by atoms with van der Waals surface area (Å²) in [5, 5.41) is 4.70. The molecule has 114 valence electrons. The first-order chi connectivity index (χ1) is 10.2. The van der Waals surface area contributed by atoms with Gasteiger partial charge in [0.1, 0.15) is 18.1 Å². The Balaban J connectivity index is 2.32. The SMILES string of the molecule is CCCNC(c1ccc(COC)o1)c1ccc(Cl)cc1Cl. The molecule has 1 atom stereocenters. The minimum atomic E-state index is -0.0969. The van der Waals surface area contributed by atoms with E-state index in [-0.39, 0.29) is 6.04 Å². The van der Waals surface area contributed by atoms with E-state index in [2.05, 4.69) is 12.2 Å². The molecule has 2 aromatic rings. The van der Waals surface area contributed by atoms with Crippen molar-refractivity contribution in [2.75, 3.05) is 13.7 Å². The van der Waals surface area contributed by atoms with Gasteiger partial charge in [-0.15, -0.1) is 0 Å². The molecular formula is C16H19Cl2NO2. The summed E-state index contributed by atoms with van der Waals surface area (Å²) >= 11 is 12.3. The van der Waals surface area contributed by atoms with Crippen molar-refractivity contribution >= 4 is 23.2 Å². The van der Waals surface area contributed by atoms with Crippen LogP contribution < -0.4 is 5.32 Å². The molecule has 0 spiro atoms. The fourth-order valence-corrected chi connectivity index (χ4v) is 2.68. The minimum absolute atomic E-state index is 0.0969. The quantitative estimate of drug-likeness (QED) is 0.791. The van der Waals surface area contributed by atoms with Gasteiger partial charge in [-0.3, -0.25) is 0 Å². The zero-order chi connectivity index (χ0) is 15.2. The first kappa shape index (κ1) is 16.4. The Morgan fingerprint density at radius 1 is 1.24 bits per heavy atom. The Morgan fingerprint density at radius 3 is 2.71 bits per heavy atom. The van der Waals surface area contributed by atoms with Crippen LogP contribution in [-0.4, -0.2) is 13.7 Å². The largest absolute Gasteiger partial charge is 0.462 e. The van der Waals surface area contributed by atoms with Crippen LogP contribution in [0, 0.1) is 0 Å². The van der Waals surface area contributed by atoms with Gasteiger partial charge >= 0.3 is 0 Å². The number of hydrogen-bond donors (Lipinski definition) is 1. The number of rotatable bonds is 7. The Bertz CT molecular complexity index is 583. The molecule has 21 heavy (non-hydrogen) atoms. The molecule has 0 saturated heterocycles. The van der Waals surface area contributed by atoms with Crippen LogP contribution in [0.5, 0.6) is 0 Å². The predicted octanol–water partition coefficient (Wildman–Crippen LogP) is 4.82. The van der Waals surface area contributed by atoms with Gasteiger partial charge in [0.05, 0.1) is 6.04 Å². The van der Waals surface area contributed by atoms with Crippen molar-refractivity contribution in [2.45, 2.75) is 26.0 Å². The number of furan rings is 1. The molecule has 0 aliphatic heterocycles. The van der Waals surface area contributed by atoms with Crippen molar-refractivity contribution < 1.29 is 9.15 Å². The maximum atomic E-state index is 6.33. The van der Waals surface area contributed by atoms with Crippen molar-refractivity contribution in [1.82, 2.24) is 5.32 Å². The Morgan fingerprint density at radius 2 is 2.05 bits per heavy atom. The van der Waals surface area contributed by atoms with Crippen LogP contribution in [0.3, 0.4) is 0 Å². The smallest absolute Gasteiger partial charge is 0.129 e. The summed E-state index contributed by atoms with van der Waals surface area (Å²) in [6, 6.07) is 9.28. The van der Waals surface area contributed by atoms with Crippen LogP contribution in [-0.2, 0) is 11.3 Å². The Labute approximate surface area is 135 Å². The third-order valence-electron chi connectivity index (χ3n) is 3.13. The van der Waals surface area contributed by atoms with Gasteiger partial charge in [-0.05, 0) is 42.8 Å². The average molecular weight is 328 g/mol. The van der Waals surface area contributed by atoms with Crippen LogP contribution in [0.25, 0.3) is 0 Å². The van der Waals surface area contributed by atoms with E-state index in [4.69, 9.17) is 32.4 Å². The zero-order valence-electron chi connectivity index (χ0n) is 12.2. The van der Waals surface area contributed by atoms with Crippen molar-refractivity contribution in [3.63, 3.8) is 0 Å². The van der Waals surface area contributed by atoms with Gasteiger partial charge in [-0.25, -0.2) is 0 Å². The van der Waals surface area contributed by atoms with E-state index in [1.807, 2.05) is 24.3 Å². The minimum Gasteiger partial charge on any atom is -0.462 e. The van der Waals surface area contributed by atoms with E-state index < -0.39 is 0 Å². The van der Waals surface area contributed by atoms with Gasteiger partial charge in [0.15, 0.2) is 0 Å². The lowest BCUT2D eigenvalue weighted by Gasteiger charge is -2.18. The fraction of sp³-hybridized carbons (Fsp3) is 0.375. The van der Waals surface area contributed by atoms with Crippen molar-refractivity contribution in [2.24, 2.45) is 0 Å². The molecule has 3 nitrogen and oxygen atoms in total. The van der Waals surface area contributed by atoms with E-state index >= 15 is 0 Å². The van der Waals surface area contributed by atoms with Gasteiger partial charge in [-0.1, -0.05) is 36.2 Å². The Kier molecular flexibility index (Phi) is 6.12. The second kappa shape index (κ2) is 7.85. The van der Waals surface area contributed by atoms with Gasteiger partial charge < -0.3 is 14.5 Å². The monoisotopic (exact) mass is 327 g/mol. The molecule has 1 aromatic heterocycles. The van der Waals surface area contributed by atoms with E-state index in [0.717, 1.165) is 30.0 Å². The average Bonchev–Trinajstić information content (AvgIpc) is 2.90. The number of benzene rings is 1. The first-order valence-corrected chi connectivity index (χ1v) is 7.67. The standard InChI is InChI=1S/C16H19Cl2NO2/c1-3-8-19-16(13-6-4-11(17)9-14(13)18)15-7-5-12(21-15)10-20-2/h4-7,9,16,19H,3,8,10H2,1-2H3. The molecule has 0 radical (unpaired) electrons. The van der Waals surface area contributed by atoms with Crippen LogP contribution in [0.1, 0.15) is 36.5 Å². The third-order valence-corrected chi connectivity index (χ3v) is 3.69. The summed E-state index contributed by atoms with van der Waals surface area (Å²) in [5.74, 6) is 1.61. The summed E-state index contributed by atoms with van der Waals surface area (Å²) in [7, 11) is 1.64. The predicted molar refractivity (Wildman–Crippen MR) is 86.0 cm³/mol. The molecule has 0 saturated carbocycles. The van der Waals surface area contributed by atoms with Crippen molar-refractivity contribution in [1.29, 1.82) is 0 Å². The highest BCUT2D eigenvalue weighted by Crippen LogP contribution is 2.31. The molecule has 0 amide bonds. The highest BCUT2D eigenvalue weighted by atomic mass is 35.5. The fourth-order valence-electron chi connectivity index (χ4n) is 2.16. The number of hydrogen-bond acceptors (Lipinski definition) is 3. The molecular weight excluding hydrogens is 309 g/mol. The van der Waals surface area contributed by atoms with Crippen LogP contribution in [0.4, 0.5) is 0 Å². The summed E-state index contributed by atoms with van der Waals surface area (Å²) in [6.45, 7) is 3.44. The van der Waals surface area contributed by atoms with E-state index in [1.54, 1.807) is 13.2 Å². The Hall–Kier alpha value is -1.000.